The lowest BCUT2D eigenvalue weighted by atomic mass is 9.91. The third-order valence-electron chi connectivity index (χ3n) is 2.64. The van der Waals surface area contributed by atoms with Gasteiger partial charge >= 0.3 is 5.97 Å². The smallest absolute Gasteiger partial charge is 0.347 e. The van der Waals surface area contributed by atoms with Gasteiger partial charge in [-0.05, 0) is 12.1 Å². The lowest BCUT2D eigenvalue weighted by molar-refractivity contribution is 0.0699. The van der Waals surface area contributed by atoms with Crippen molar-refractivity contribution in [3.8, 4) is 10.6 Å². The molecule has 0 fully saturated rings. The van der Waals surface area contributed by atoms with Crippen molar-refractivity contribution in [2.75, 3.05) is 0 Å². The molecule has 0 aliphatic heterocycles. The summed E-state index contributed by atoms with van der Waals surface area (Å²) in [5, 5.41) is 9.64. The molecule has 0 unspecified atom stereocenters. The van der Waals surface area contributed by atoms with Crippen molar-refractivity contribution < 1.29 is 14.3 Å². The number of rotatable bonds is 2. The lowest BCUT2D eigenvalue weighted by Gasteiger charge is -2.16. The molecule has 2 aromatic rings. The van der Waals surface area contributed by atoms with Crippen LogP contribution >= 0.6 is 11.3 Å². The Kier molecular flexibility index (Phi) is 3.41. The van der Waals surface area contributed by atoms with E-state index >= 15 is 0 Å². The lowest BCUT2D eigenvalue weighted by Crippen LogP contribution is -2.16. The maximum absolute atomic E-state index is 13.7. The molecule has 0 bridgehead atoms. The van der Waals surface area contributed by atoms with E-state index in [1.807, 2.05) is 20.8 Å². The zero-order valence-electron chi connectivity index (χ0n) is 10.9. The molecule has 0 aliphatic rings. The molecule has 0 radical (unpaired) electrons. The summed E-state index contributed by atoms with van der Waals surface area (Å²) in [6, 6.07) is 6.24. The number of thiazole rings is 1. The van der Waals surface area contributed by atoms with Crippen LogP contribution in [0, 0.1) is 5.82 Å². The number of carboxylic acids is 1. The van der Waals surface area contributed by atoms with Gasteiger partial charge in [0, 0.05) is 11.0 Å². The first kappa shape index (κ1) is 13.7. The number of aromatic nitrogens is 1. The van der Waals surface area contributed by atoms with E-state index in [9.17, 15) is 14.3 Å². The summed E-state index contributed by atoms with van der Waals surface area (Å²) < 4.78 is 13.7. The topological polar surface area (TPSA) is 50.2 Å². The van der Waals surface area contributed by atoms with Crippen molar-refractivity contribution in [1.29, 1.82) is 0 Å². The van der Waals surface area contributed by atoms with E-state index < -0.39 is 17.2 Å². The van der Waals surface area contributed by atoms with Gasteiger partial charge in [0.1, 0.15) is 15.7 Å². The number of halogens is 1. The Labute approximate surface area is 114 Å². The highest BCUT2D eigenvalue weighted by Gasteiger charge is 2.27. The van der Waals surface area contributed by atoms with Crippen LogP contribution in [0.3, 0.4) is 0 Å². The van der Waals surface area contributed by atoms with Crippen LogP contribution in [0.1, 0.15) is 36.1 Å². The Morgan fingerprint density at radius 2 is 1.95 bits per heavy atom. The number of carbonyl (C=O) groups is 1. The van der Waals surface area contributed by atoms with E-state index in [4.69, 9.17) is 0 Å². The average molecular weight is 279 g/mol. The average Bonchev–Trinajstić information content (AvgIpc) is 2.74. The second-order valence-corrected chi connectivity index (χ2v) is 6.23. The number of aromatic carboxylic acids is 1. The number of carboxylic acid groups (broad SMARTS) is 1. The minimum atomic E-state index is -1.02. The number of hydrogen-bond acceptors (Lipinski definition) is 3. The van der Waals surface area contributed by atoms with E-state index in [1.54, 1.807) is 18.2 Å². The molecular weight excluding hydrogens is 265 g/mol. The SMILES string of the molecule is CC(C)(C)c1nc(-c2ccccc2F)sc1C(=O)O. The van der Waals surface area contributed by atoms with E-state index in [2.05, 4.69) is 4.98 Å². The van der Waals surface area contributed by atoms with E-state index in [0.29, 0.717) is 16.3 Å². The zero-order chi connectivity index (χ0) is 14.2. The Bertz CT molecular complexity index is 629. The predicted molar refractivity (Wildman–Crippen MR) is 73.2 cm³/mol. The molecule has 0 saturated carbocycles. The summed E-state index contributed by atoms with van der Waals surface area (Å²) >= 11 is 1.01. The van der Waals surface area contributed by atoms with E-state index in [1.165, 1.54) is 6.07 Å². The van der Waals surface area contributed by atoms with Crippen LogP contribution in [0.25, 0.3) is 10.6 Å². The van der Waals surface area contributed by atoms with Crippen molar-refractivity contribution in [1.82, 2.24) is 4.98 Å². The Morgan fingerprint density at radius 3 is 2.42 bits per heavy atom. The predicted octanol–water partition coefficient (Wildman–Crippen LogP) is 3.94. The standard InChI is InChI=1S/C14H14FNO2S/c1-14(2,3)11-10(13(17)18)19-12(16-11)8-6-4-5-7-9(8)15/h4-7H,1-3H3,(H,17,18). The van der Waals surface area contributed by atoms with Crippen LogP contribution in [0.4, 0.5) is 4.39 Å². The number of hydrogen-bond donors (Lipinski definition) is 1. The largest absolute Gasteiger partial charge is 0.477 e. The zero-order valence-corrected chi connectivity index (χ0v) is 11.7. The van der Waals surface area contributed by atoms with Gasteiger partial charge in [-0.15, -0.1) is 11.3 Å². The quantitative estimate of drug-likeness (QED) is 0.905. The first-order valence-electron chi connectivity index (χ1n) is 5.80. The van der Waals surface area contributed by atoms with Gasteiger partial charge in [0.2, 0.25) is 0 Å². The van der Waals surface area contributed by atoms with E-state index in [-0.39, 0.29) is 4.88 Å². The molecule has 1 aromatic heterocycles. The molecule has 1 aromatic carbocycles. The maximum Gasteiger partial charge on any atom is 0.347 e. The van der Waals surface area contributed by atoms with Crippen LogP contribution < -0.4 is 0 Å². The minimum absolute atomic E-state index is 0.172. The summed E-state index contributed by atoms with van der Waals surface area (Å²) in [5.74, 6) is -1.42. The monoisotopic (exact) mass is 279 g/mol. The van der Waals surface area contributed by atoms with Gasteiger partial charge in [0.05, 0.1) is 5.69 Å². The van der Waals surface area contributed by atoms with Gasteiger partial charge in [-0.25, -0.2) is 14.2 Å². The van der Waals surface area contributed by atoms with Gasteiger partial charge in [0.25, 0.3) is 0 Å². The highest BCUT2D eigenvalue weighted by molar-refractivity contribution is 7.17. The molecule has 0 aliphatic carbocycles. The minimum Gasteiger partial charge on any atom is -0.477 e. The van der Waals surface area contributed by atoms with Gasteiger partial charge < -0.3 is 5.11 Å². The molecule has 0 spiro atoms. The van der Waals surface area contributed by atoms with E-state index in [0.717, 1.165) is 11.3 Å². The van der Waals surface area contributed by atoms with Gasteiger partial charge in [-0.2, -0.15) is 0 Å². The normalized spacial score (nSPS) is 11.6. The molecule has 0 atom stereocenters. The van der Waals surface area contributed by atoms with Gasteiger partial charge in [-0.1, -0.05) is 32.9 Å². The maximum atomic E-state index is 13.7. The first-order valence-corrected chi connectivity index (χ1v) is 6.62. The molecule has 3 nitrogen and oxygen atoms in total. The fourth-order valence-electron chi connectivity index (χ4n) is 1.72. The molecule has 0 saturated heterocycles. The molecule has 100 valence electrons. The van der Waals surface area contributed by atoms with Crippen molar-refractivity contribution in [3.63, 3.8) is 0 Å². The van der Waals surface area contributed by atoms with Crippen LogP contribution in [0.15, 0.2) is 24.3 Å². The molecule has 1 heterocycles. The molecule has 0 amide bonds. The van der Waals surface area contributed by atoms with Crippen molar-refractivity contribution in [2.24, 2.45) is 0 Å². The second kappa shape index (κ2) is 4.74. The molecular formula is C14H14FNO2S. The van der Waals surface area contributed by atoms with Crippen molar-refractivity contribution >= 4 is 17.3 Å². The summed E-state index contributed by atoms with van der Waals surface area (Å²) in [7, 11) is 0. The van der Waals surface area contributed by atoms with Crippen LogP contribution in [-0.4, -0.2) is 16.1 Å². The summed E-state index contributed by atoms with van der Waals surface area (Å²) in [6.07, 6.45) is 0. The fraction of sp³-hybridized carbons (Fsp3) is 0.286. The Balaban J connectivity index is 2.62. The number of benzene rings is 1. The number of nitrogens with zero attached hydrogens (tertiary/aromatic N) is 1. The molecule has 19 heavy (non-hydrogen) atoms. The summed E-state index contributed by atoms with van der Waals surface area (Å²) in [5.41, 5.74) is 0.432. The van der Waals surface area contributed by atoms with Gasteiger partial charge in [-0.3, -0.25) is 0 Å². The highest BCUT2D eigenvalue weighted by atomic mass is 32.1. The van der Waals surface area contributed by atoms with Crippen LogP contribution in [0.2, 0.25) is 0 Å². The van der Waals surface area contributed by atoms with Gasteiger partial charge in [0.15, 0.2) is 0 Å². The summed E-state index contributed by atoms with van der Waals surface area (Å²) in [6.45, 7) is 5.67. The first-order chi connectivity index (χ1) is 8.80. The summed E-state index contributed by atoms with van der Waals surface area (Å²) in [4.78, 5) is 15.8. The molecule has 2 rings (SSSR count). The van der Waals surface area contributed by atoms with Crippen LogP contribution in [-0.2, 0) is 5.41 Å². The van der Waals surface area contributed by atoms with Crippen molar-refractivity contribution in [2.45, 2.75) is 26.2 Å². The molecule has 5 heteroatoms. The molecule has 1 N–H and O–H groups in total. The third kappa shape index (κ3) is 2.66. The van der Waals surface area contributed by atoms with Crippen molar-refractivity contribution in [3.05, 3.63) is 40.7 Å². The fourth-order valence-corrected chi connectivity index (χ4v) is 2.86. The Morgan fingerprint density at radius 1 is 1.32 bits per heavy atom. The van der Waals surface area contributed by atoms with Crippen LogP contribution in [0.5, 0.6) is 0 Å². The highest BCUT2D eigenvalue weighted by Crippen LogP contribution is 2.35. The Hall–Kier alpha value is -1.75. The second-order valence-electron chi connectivity index (χ2n) is 5.23. The third-order valence-corrected chi connectivity index (χ3v) is 3.71.